The van der Waals surface area contributed by atoms with E-state index in [4.69, 9.17) is 25.4 Å². The van der Waals surface area contributed by atoms with E-state index < -0.39 is 6.10 Å². The Bertz CT molecular complexity index is 969. The first-order valence-electron chi connectivity index (χ1n) is 10.9. The van der Waals surface area contributed by atoms with E-state index >= 15 is 0 Å². The quantitative estimate of drug-likeness (QED) is 0.436. The molecule has 3 aromatic rings. The second-order valence-corrected chi connectivity index (χ2v) is 7.78. The van der Waals surface area contributed by atoms with E-state index in [9.17, 15) is 0 Å². The molecule has 0 bridgehead atoms. The molecule has 0 N–H and O–H groups in total. The van der Waals surface area contributed by atoms with E-state index in [-0.39, 0.29) is 18.3 Å². The van der Waals surface area contributed by atoms with Crippen molar-refractivity contribution in [2.75, 3.05) is 6.61 Å². The normalized spacial score (nSPS) is 22.5. The van der Waals surface area contributed by atoms with E-state index in [1.54, 1.807) is 0 Å². The maximum atomic E-state index is 6.31. The van der Waals surface area contributed by atoms with Crippen LogP contribution < -0.4 is 0 Å². The molecule has 0 aliphatic carbocycles. The molecule has 0 aromatic heterocycles. The van der Waals surface area contributed by atoms with Crippen LogP contribution in [0.4, 0.5) is 0 Å². The number of benzene rings is 3. The van der Waals surface area contributed by atoms with Crippen molar-refractivity contribution < 1.29 is 18.9 Å². The molecule has 164 valence electrons. The lowest BCUT2D eigenvalue weighted by Crippen LogP contribution is -2.38. The van der Waals surface area contributed by atoms with Gasteiger partial charge in [-0.15, -0.1) is 6.42 Å². The maximum Gasteiger partial charge on any atom is 0.147 e. The fourth-order valence-corrected chi connectivity index (χ4v) is 3.78. The van der Waals surface area contributed by atoms with Gasteiger partial charge in [-0.3, -0.25) is 0 Å². The molecule has 32 heavy (non-hydrogen) atoms. The predicted molar refractivity (Wildman–Crippen MR) is 124 cm³/mol. The van der Waals surface area contributed by atoms with Crippen LogP contribution >= 0.6 is 0 Å². The molecule has 4 heteroatoms. The monoisotopic (exact) mass is 428 g/mol. The lowest BCUT2D eigenvalue weighted by Gasteiger charge is -2.24. The van der Waals surface area contributed by atoms with E-state index in [0.717, 1.165) is 16.7 Å². The lowest BCUT2D eigenvalue weighted by atomic mass is 10.1. The predicted octanol–water partition coefficient (Wildman–Crippen LogP) is 4.77. The van der Waals surface area contributed by atoms with Gasteiger partial charge in [0.05, 0.1) is 26.4 Å². The molecule has 1 aliphatic heterocycles. The molecule has 0 saturated carbocycles. The van der Waals surface area contributed by atoms with Gasteiger partial charge >= 0.3 is 0 Å². The minimum absolute atomic E-state index is 0.316. The third-order valence-electron chi connectivity index (χ3n) is 5.44. The Balaban J connectivity index is 1.43. The Hall–Kier alpha value is -2.94. The Morgan fingerprint density at radius 1 is 0.656 bits per heavy atom. The van der Waals surface area contributed by atoms with Crippen molar-refractivity contribution in [1.82, 2.24) is 0 Å². The number of hydrogen-bond donors (Lipinski definition) is 0. The highest BCUT2D eigenvalue weighted by Crippen LogP contribution is 2.29. The molecule has 1 saturated heterocycles. The van der Waals surface area contributed by atoms with Crippen molar-refractivity contribution in [3.63, 3.8) is 0 Å². The largest absolute Gasteiger partial charge is 0.374 e. The molecule has 1 fully saturated rings. The molecule has 0 spiro atoms. The summed E-state index contributed by atoms with van der Waals surface area (Å²) in [6.07, 6.45) is 4.26. The fraction of sp³-hybridized carbons (Fsp3) is 0.286. The van der Waals surface area contributed by atoms with Crippen LogP contribution in [0.3, 0.4) is 0 Å². The molecule has 0 amide bonds. The summed E-state index contributed by atoms with van der Waals surface area (Å²) in [5.41, 5.74) is 3.27. The van der Waals surface area contributed by atoms with Gasteiger partial charge in [-0.05, 0) is 16.7 Å². The highest BCUT2D eigenvalue weighted by Gasteiger charge is 2.45. The van der Waals surface area contributed by atoms with E-state index in [0.29, 0.717) is 26.4 Å². The molecule has 4 rings (SSSR count). The number of terminal acetylenes is 1. The van der Waals surface area contributed by atoms with Crippen molar-refractivity contribution in [1.29, 1.82) is 0 Å². The first-order chi connectivity index (χ1) is 15.8. The molecule has 1 heterocycles. The third-order valence-corrected chi connectivity index (χ3v) is 5.44. The van der Waals surface area contributed by atoms with Gasteiger partial charge in [0.2, 0.25) is 0 Å². The van der Waals surface area contributed by atoms with Gasteiger partial charge in [-0.2, -0.15) is 0 Å². The summed E-state index contributed by atoms with van der Waals surface area (Å²) in [5, 5.41) is 0. The maximum absolute atomic E-state index is 6.31. The molecule has 4 atom stereocenters. The third kappa shape index (κ3) is 6.06. The zero-order valence-corrected chi connectivity index (χ0v) is 18.0. The van der Waals surface area contributed by atoms with Crippen molar-refractivity contribution >= 4 is 0 Å². The first-order valence-corrected chi connectivity index (χ1v) is 10.9. The standard InChI is InChI=1S/C28H28O4/c1-2-25-27(30-19-23-14-8-4-9-15-23)28(31-20-24-16-10-5-11-17-24)26(32-25)21-29-18-22-12-6-3-7-13-22/h1,3-17,25-28H,18-21H2/t25-,26+,27?,28?/m0/s1. The minimum atomic E-state index is -0.496. The molecular weight excluding hydrogens is 400 g/mol. The van der Waals surface area contributed by atoms with Gasteiger partial charge in [-0.1, -0.05) is 96.9 Å². The molecule has 1 aliphatic rings. The van der Waals surface area contributed by atoms with Gasteiger partial charge in [-0.25, -0.2) is 0 Å². The van der Waals surface area contributed by atoms with E-state index in [1.165, 1.54) is 0 Å². The molecule has 4 nitrogen and oxygen atoms in total. The molecule has 2 unspecified atom stereocenters. The van der Waals surface area contributed by atoms with Crippen LogP contribution in [0.2, 0.25) is 0 Å². The first kappa shape index (κ1) is 22.3. The Morgan fingerprint density at radius 2 is 1.12 bits per heavy atom. The summed E-state index contributed by atoms with van der Waals surface area (Å²) < 4.78 is 24.7. The Kier molecular flexibility index (Phi) is 8.08. The highest BCUT2D eigenvalue weighted by molar-refractivity contribution is 5.16. The average molecular weight is 429 g/mol. The lowest BCUT2D eigenvalue weighted by molar-refractivity contribution is -0.0896. The van der Waals surface area contributed by atoms with Gasteiger partial charge in [0.15, 0.2) is 0 Å². The molecule has 0 radical (unpaired) electrons. The van der Waals surface area contributed by atoms with Crippen LogP contribution in [0.5, 0.6) is 0 Å². The average Bonchev–Trinajstić information content (AvgIpc) is 3.19. The smallest absolute Gasteiger partial charge is 0.147 e. The van der Waals surface area contributed by atoms with Gasteiger partial charge in [0, 0.05) is 0 Å². The van der Waals surface area contributed by atoms with Crippen LogP contribution in [-0.4, -0.2) is 31.0 Å². The van der Waals surface area contributed by atoms with Crippen LogP contribution in [-0.2, 0) is 38.8 Å². The second kappa shape index (κ2) is 11.6. The number of rotatable bonds is 10. The summed E-state index contributed by atoms with van der Waals surface area (Å²) in [6, 6.07) is 30.1. The SMILES string of the molecule is C#C[C@@H]1O[C@H](COCc2ccccc2)C(OCc2ccccc2)C1OCc1ccccc1. The summed E-state index contributed by atoms with van der Waals surface area (Å²) in [5.74, 6) is 2.73. The van der Waals surface area contributed by atoms with Crippen molar-refractivity contribution in [3.8, 4) is 12.3 Å². The van der Waals surface area contributed by atoms with Crippen molar-refractivity contribution in [2.24, 2.45) is 0 Å². The van der Waals surface area contributed by atoms with Crippen molar-refractivity contribution in [3.05, 3.63) is 108 Å². The number of hydrogen-bond acceptors (Lipinski definition) is 4. The van der Waals surface area contributed by atoms with Gasteiger partial charge in [0.25, 0.3) is 0 Å². The molecular formula is C28H28O4. The fourth-order valence-electron chi connectivity index (χ4n) is 3.78. The van der Waals surface area contributed by atoms with E-state index in [1.807, 2.05) is 91.0 Å². The van der Waals surface area contributed by atoms with Crippen LogP contribution in [0.15, 0.2) is 91.0 Å². The zero-order chi connectivity index (χ0) is 22.0. The highest BCUT2D eigenvalue weighted by atomic mass is 16.6. The summed E-state index contributed by atoms with van der Waals surface area (Å²) in [6.45, 7) is 1.77. The Labute approximate surface area is 190 Å². The summed E-state index contributed by atoms with van der Waals surface area (Å²) in [7, 11) is 0. The zero-order valence-electron chi connectivity index (χ0n) is 18.0. The van der Waals surface area contributed by atoms with Crippen molar-refractivity contribution in [2.45, 2.75) is 44.2 Å². The second-order valence-electron chi connectivity index (χ2n) is 7.78. The summed E-state index contributed by atoms with van der Waals surface area (Å²) >= 11 is 0. The number of ether oxygens (including phenoxy) is 4. The van der Waals surface area contributed by atoms with Crippen LogP contribution in [0, 0.1) is 12.3 Å². The van der Waals surface area contributed by atoms with E-state index in [2.05, 4.69) is 5.92 Å². The van der Waals surface area contributed by atoms with Gasteiger partial charge < -0.3 is 18.9 Å². The van der Waals surface area contributed by atoms with Gasteiger partial charge in [0.1, 0.15) is 24.4 Å². The topological polar surface area (TPSA) is 36.9 Å². The van der Waals surface area contributed by atoms with Crippen LogP contribution in [0.1, 0.15) is 16.7 Å². The minimum Gasteiger partial charge on any atom is -0.374 e. The Morgan fingerprint density at radius 3 is 1.62 bits per heavy atom. The molecule has 3 aromatic carbocycles. The summed E-state index contributed by atoms with van der Waals surface area (Å²) in [4.78, 5) is 0. The van der Waals surface area contributed by atoms with Crippen LogP contribution in [0.25, 0.3) is 0 Å².